The molecule has 0 fully saturated rings. The van der Waals surface area contributed by atoms with Crippen molar-refractivity contribution in [2.75, 3.05) is 0 Å². The van der Waals surface area contributed by atoms with E-state index in [0.29, 0.717) is 5.69 Å². The van der Waals surface area contributed by atoms with Gasteiger partial charge in [-0.15, -0.1) is 0 Å². The maximum Gasteiger partial charge on any atom is 0.137 e. The number of hydrogen-bond acceptors (Lipinski definition) is 4. The van der Waals surface area contributed by atoms with Crippen molar-refractivity contribution in [1.82, 2.24) is 9.97 Å². The van der Waals surface area contributed by atoms with Gasteiger partial charge in [0.1, 0.15) is 11.5 Å². The van der Waals surface area contributed by atoms with Gasteiger partial charge in [-0.05, 0) is 30.2 Å². The molecule has 0 radical (unpaired) electrons. The van der Waals surface area contributed by atoms with Gasteiger partial charge in [0.05, 0.1) is 11.2 Å². The van der Waals surface area contributed by atoms with Crippen LogP contribution in [-0.2, 0) is 0 Å². The second-order valence-electron chi connectivity index (χ2n) is 5.35. The lowest BCUT2D eigenvalue weighted by Gasteiger charge is -2.11. The normalized spacial score (nSPS) is 11.2. The van der Waals surface area contributed by atoms with Crippen LogP contribution in [0, 0.1) is 0 Å². The molecule has 106 valence electrons. The molecule has 4 heteroatoms. The summed E-state index contributed by atoms with van der Waals surface area (Å²) in [7, 11) is 0. The fourth-order valence-electron chi connectivity index (χ4n) is 2.45. The lowest BCUT2D eigenvalue weighted by Crippen LogP contribution is -1.94. The summed E-state index contributed by atoms with van der Waals surface area (Å²) >= 11 is 0. The van der Waals surface area contributed by atoms with Crippen molar-refractivity contribution in [3.05, 3.63) is 48.4 Å². The Hall–Kier alpha value is -2.62. The van der Waals surface area contributed by atoms with Gasteiger partial charge in [0.2, 0.25) is 0 Å². The predicted molar refractivity (Wildman–Crippen MR) is 82.4 cm³/mol. The molecule has 0 spiro atoms. The summed E-state index contributed by atoms with van der Waals surface area (Å²) in [6.07, 6.45) is 3.41. The van der Waals surface area contributed by atoms with Crippen molar-refractivity contribution in [3.8, 4) is 22.6 Å². The second kappa shape index (κ2) is 5.05. The Bertz CT molecular complexity index is 813. The quantitative estimate of drug-likeness (QED) is 0.748. The van der Waals surface area contributed by atoms with E-state index in [-0.39, 0.29) is 17.4 Å². The maximum atomic E-state index is 10.1. The van der Waals surface area contributed by atoms with Crippen molar-refractivity contribution in [1.29, 1.82) is 0 Å². The minimum absolute atomic E-state index is 0.151. The molecule has 0 saturated carbocycles. The van der Waals surface area contributed by atoms with E-state index >= 15 is 0 Å². The molecule has 2 N–H and O–H groups in total. The van der Waals surface area contributed by atoms with Gasteiger partial charge in [-0.1, -0.05) is 19.9 Å². The molecule has 2 heterocycles. The average Bonchev–Trinajstić information content (AvgIpc) is 2.45. The van der Waals surface area contributed by atoms with E-state index < -0.39 is 0 Å². The Balaban J connectivity index is 2.23. The van der Waals surface area contributed by atoms with Gasteiger partial charge in [0.25, 0.3) is 0 Å². The summed E-state index contributed by atoms with van der Waals surface area (Å²) in [6, 6.07) is 8.69. The first-order chi connectivity index (χ1) is 10.1. The minimum Gasteiger partial charge on any atom is -0.508 e. The van der Waals surface area contributed by atoms with Crippen LogP contribution < -0.4 is 0 Å². The summed E-state index contributed by atoms with van der Waals surface area (Å²) in [5.74, 6) is 0.478. The van der Waals surface area contributed by atoms with Crippen LogP contribution in [0.2, 0.25) is 0 Å². The van der Waals surface area contributed by atoms with E-state index in [2.05, 4.69) is 9.97 Å². The van der Waals surface area contributed by atoms with Crippen molar-refractivity contribution in [2.24, 2.45) is 0 Å². The van der Waals surface area contributed by atoms with Crippen molar-refractivity contribution in [2.45, 2.75) is 19.8 Å². The highest BCUT2D eigenvalue weighted by atomic mass is 16.3. The van der Waals surface area contributed by atoms with Gasteiger partial charge in [0.15, 0.2) is 0 Å². The molecule has 4 nitrogen and oxygen atoms in total. The van der Waals surface area contributed by atoms with Crippen LogP contribution in [-0.4, -0.2) is 20.2 Å². The highest BCUT2D eigenvalue weighted by Crippen LogP contribution is 2.34. The molecule has 2 aromatic heterocycles. The molecule has 0 amide bonds. The van der Waals surface area contributed by atoms with Crippen LogP contribution in [0.5, 0.6) is 11.5 Å². The zero-order valence-corrected chi connectivity index (χ0v) is 11.9. The molecule has 0 bridgehead atoms. The number of phenolic OH excluding ortho intramolecular Hbond substituents is 1. The van der Waals surface area contributed by atoms with Crippen LogP contribution in [0.3, 0.4) is 0 Å². The highest BCUT2D eigenvalue weighted by Gasteiger charge is 2.12. The van der Waals surface area contributed by atoms with E-state index in [9.17, 15) is 10.2 Å². The van der Waals surface area contributed by atoms with Crippen molar-refractivity contribution >= 4 is 10.9 Å². The zero-order valence-electron chi connectivity index (χ0n) is 11.9. The van der Waals surface area contributed by atoms with Gasteiger partial charge in [-0.25, -0.2) is 0 Å². The fraction of sp³-hybridized carbons (Fsp3) is 0.176. The largest absolute Gasteiger partial charge is 0.508 e. The van der Waals surface area contributed by atoms with Gasteiger partial charge in [-0.3, -0.25) is 9.97 Å². The third-order valence-corrected chi connectivity index (χ3v) is 3.44. The third-order valence-electron chi connectivity index (χ3n) is 3.44. The number of rotatable bonds is 2. The van der Waals surface area contributed by atoms with E-state index in [1.807, 2.05) is 26.0 Å². The SMILES string of the molecule is CC(C)c1ncc(-c2cc(O)cc3cccnc23)cc1O. The van der Waals surface area contributed by atoms with Gasteiger partial charge in [0, 0.05) is 28.9 Å². The molecule has 0 aliphatic carbocycles. The van der Waals surface area contributed by atoms with Crippen LogP contribution in [0.15, 0.2) is 42.7 Å². The first-order valence-electron chi connectivity index (χ1n) is 6.83. The van der Waals surface area contributed by atoms with Crippen LogP contribution in [0.4, 0.5) is 0 Å². The lowest BCUT2D eigenvalue weighted by atomic mass is 10.0. The molecule has 0 saturated heterocycles. The van der Waals surface area contributed by atoms with Crippen LogP contribution in [0.25, 0.3) is 22.0 Å². The first-order valence-corrected chi connectivity index (χ1v) is 6.83. The average molecular weight is 280 g/mol. The van der Waals surface area contributed by atoms with Crippen LogP contribution >= 0.6 is 0 Å². The number of benzene rings is 1. The molecule has 1 aromatic carbocycles. The standard InChI is InChI=1S/C17H16N2O2/c1-10(2)16-15(21)7-12(9-19-16)14-8-13(20)6-11-4-3-5-18-17(11)14/h3-10,20-21H,1-2H3. The smallest absolute Gasteiger partial charge is 0.137 e. The molecule has 3 rings (SSSR count). The highest BCUT2D eigenvalue weighted by molar-refractivity contribution is 5.94. The van der Waals surface area contributed by atoms with Crippen LogP contribution in [0.1, 0.15) is 25.5 Å². The topological polar surface area (TPSA) is 66.2 Å². The number of aromatic hydroxyl groups is 2. The second-order valence-corrected chi connectivity index (χ2v) is 5.35. The van der Waals surface area contributed by atoms with Crippen molar-refractivity contribution in [3.63, 3.8) is 0 Å². The maximum absolute atomic E-state index is 10.1. The number of fused-ring (bicyclic) bond motifs is 1. The first kappa shape index (κ1) is 13.4. The minimum atomic E-state index is 0.151. The Morgan fingerprint density at radius 2 is 1.86 bits per heavy atom. The molecule has 0 aliphatic heterocycles. The molecule has 0 atom stereocenters. The molecule has 21 heavy (non-hydrogen) atoms. The number of hydrogen-bond donors (Lipinski definition) is 2. The summed E-state index contributed by atoms with van der Waals surface area (Å²) in [5, 5.41) is 20.8. The molecular weight excluding hydrogens is 264 g/mol. The van der Waals surface area contributed by atoms with E-state index in [1.54, 1.807) is 30.6 Å². The summed E-state index contributed by atoms with van der Waals surface area (Å²) in [4.78, 5) is 8.70. The van der Waals surface area contributed by atoms with Crippen molar-refractivity contribution < 1.29 is 10.2 Å². The van der Waals surface area contributed by atoms with Gasteiger partial charge < -0.3 is 10.2 Å². The van der Waals surface area contributed by atoms with E-state index in [4.69, 9.17) is 0 Å². The van der Waals surface area contributed by atoms with Gasteiger partial charge >= 0.3 is 0 Å². The molecular formula is C17H16N2O2. The Morgan fingerprint density at radius 3 is 2.57 bits per heavy atom. The number of phenols is 1. The predicted octanol–water partition coefficient (Wildman–Crippen LogP) is 3.83. The third kappa shape index (κ3) is 2.40. The Morgan fingerprint density at radius 1 is 1.05 bits per heavy atom. The van der Waals surface area contributed by atoms with E-state index in [1.165, 1.54) is 0 Å². The monoisotopic (exact) mass is 280 g/mol. The summed E-state index contributed by atoms with van der Waals surface area (Å²) < 4.78 is 0. The molecule has 3 aromatic rings. The van der Waals surface area contributed by atoms with Gasteiger partial charge in [-0.2, -0.15) is 0 Å². The zero-order chi connectivity index (χ0) is 15.0. The lowest BCUT2D eigenvalue weighted by molar-refractivity contribution is 0.460. The summed E-state index contributed by atoms with van der Waals surface area (Å²) in [6.45, 7) is 3.96. The summed E-state index contributed by atoms with van der Waals surface area (Å²) in [5.41, 5.74) is 2.92. The van der Waals surface area contributed by atoms with E-state index in [0.717, 1.165) is 22.0 Å². The Kier molecular flexibility index (Phi) is 3.22. The molecule has 0 unspecified atom stereocenters. The number of pyridine rings is 2. The number of nitrogens with zero attached hydrogens (tertiary/aromatic N) is 2. The molecule has 0 aliphatic rings. The number of aromatic nitrogens is 2. The Labute approximate surface area is 122 Å². The fourth-order valence-corrected chi connectivity index (χ4v) is 2.45.